The predicted molar refractivity (Wildman–Crippen MR) is 96.0 cm³/mol. The molecule has 0 spiro atoms. The number of hydrogen-bond acceptors (Lipinski definition) is 5. The molecule has 0 saturated carbocycles. The number of pyridine rings is 1. The van der Waals surface area contributed by atoms with Crippen molar-refractivity contribution < 1.29 is 13.2 Å². The number of rotatable bonds is 3. The molecule has 2 fully saturated rings. The van der Waals surface area contributed by atoms with E-state index in [1.54, 1.807) is 11.1 Å². The maximum atomic E-state index is 12.5. The Bertz CT molecular complexity index is 689. The van der Waals surface area contributed by atoms with Crippen LogP contribution in [-0.4, -0.2) is 80.2 Å². The Morgan fingerprint density at radius 1 is 1.20 bits per heavy atom. The third kappa shape index (κ3) is 4.60. The van der Waals surface area contributed by atoms with Gasteiger partial charge >= 0.3 is 6.03 Å². The highest BCUT2D eigenvalue weighted by Gasteiger charge is 2.29. The average molecular weight is 367 g/mol. The Kier molecular flexibility index (Phi) is 5.43. The zero-order chi connectivity index (χ0) is 17.9. The van der Waals surface area contributed by atoms with Gasteiger partial charge in [0.15, 0.2) is 0 Å². The van der Waals surface area contributed by atoms with Crippen molar-refractivity contribution in [1.29, 1.82) is 0 Å². The summed E-state index contributed by atoms with van der Waals surface area (Å²) in [5.74, 6) is 0.929. The molecule has 1 atom stereocenters. The van der Waals surface area contributed by atoms with E-state index in [0.29, 0.717) is 26.2 Å². The summed E-state index contributed by atoms with van der Waals surface area (Å²) in [4.78, 5) is 20.8. The second-order valence-electron chi connectivity index (χ2n) is 6.57. The smallest absolute Gasteiger partial charge is 0.317 e. The third-order valence-electron chi connectivity index (χ3n) is 4.72. The lowest BCUT2D eigenvalue weighted by Gasteiger charge is -2.37. The molecule has 138 valence electrons. The SMILES string of the molecule is CS(=O)(=O)N1CCCC(NC(=O)N2CCN(c3ccccn3)CC2)C1. The summed E-state index contributed by atoms with van der Waals surface area (Å²) in [5.41, 5.74) is 0. The van der Waals surface area contributed by atoms with Gasteiger partial charge in [0.25, 0.3) is 0 Å². The summed E-state index contributed by atoms with van der Waals surface area (Å²) in [6.45, 7) is 3.64. The van der Waals surface area contributed by atoms with Crippen molar-refractivity contribution >= 4 is 21.9 Å². The largest absolute Gasteiger partial charge is 0.353 e. The fourth-order valence-electron chi connectivity index (χ4n) is 3.31. The van der Waals surface area contributed by atoms with Crippen molar-refractivity contribution in [2.45, 2.75) is 18.9 Å². The van der Waals surface area contributed by atoms with Gasteiger partial charge in [0.05, 0.1) is 6.26 Å². The molecule has 0 aliphatic carbocycles. The van der Waals surface area contributed by atoms with E-state index in [-0.39, 0.29) is 12.1 Å². The van der Waals surface area contributed by atoms with Gasteiger partial charge in [-0.2, -0.15) is 0 Å². The van der Waals surface area contributed by atoms with E-state index in [2.05, 4.69) is 15.2 Å². The zero-order valence-corrected chi connectivity index (χ0v) is 15.3. The zero-order valence-electron chi connectivity index (χ0n) is 14.5. The fourth-order valence-corrected chi connectivity index (χ4v) is 4.22. The van der Waals surface area contributed by atoms with Gasteiger partial charge in [0.2, 0.25) is 10.0 Å². The van der Waals surface area contributed by atoms with E-state index >= 15 is 0 Å². The normalized spacial score (nSPS) is 22.7. The maximum absolute atomic E-state index is 12.5. The number of urea groups is 1. The first-order chi connectivity index (χ1) is 11.9. The Morgan fingerprint density at radius 2 is 1.96 bits per heavy atom. The lowest BCUT2D eigenvalue weighted by molar-refractivity contribution is 0.183. The Morgan fingerprint density at radius 3 is 2.60 bits per heavy atom. The van der Waals surface area contributed by atoms with E-state index in [0.717, 1.165) is 31.7 Å². The van der Waals surface area contributed by atoms with Crippen LogP contribution in [0, 0.1) is 0 Å². The van der Waals surface area contributed by atoms with Crippen molar-refractivity contribution in [3.05, 3.63) is 24.4 Å². The highest BCUT2D eigenvalue weighted by molar-refractivity contribution is 7.88. The number of nitrogens with zero attached hydrogens (tertiary/aromatic N) is 4. The second-order valence-corrected chi connectivity index (χ2v) is 8.55. The molecule has 1 aromatic rings. The number of anilines is 1. The van der Waals surface area contributed by atoms with Crippen molar-refractivity contribution in [3.8, 4) is 0 Å². The van der Waals surface area contributed by atoms with Gasteiger partial charge in [0, 0.05) is 51.5 Å². The van der Waals surface area contributed by atoms with Crippen LogP contribution >= 0.6 is 0 Å². The van der Waals surface area contributed by atoms with Crippen LogP contribution in [0.5, 0.6) is 0 Å². The molecule has 3 rings (SSSR count). The summed E-state index contributed by atoms with van der Waals surface area (Å²) >= 11 is 0. The summed E-state index contributed by atoms with van der Waals surface area (Å²) < 4.78 is 24.8. The van der Waals surface area contributed by atoms with Gasteiger partial charge < -0.3 is 15.1 Å². The van der Waals surface area contributed by atoms with Crippen LogP contribution in [0.25, 0.3) is 0 Å². The highest BCUT2D eigenvalue weighted by atomic mass is 32.2. The molecule has 2 aliphatic rings. The van der Waals surface area contributed by atoms with E-state index in [1.807, 2.05) is 18.2 Å². The molecule has 0 radical (unpaired) electrons. The van der Waals surface area contributed by atoms with Crippen LogP contribution in [0.1, 0.15) is 12.8 Å². The maximum Gasteiger partial charge on any atom is 0.317 e. The molecule has 8 nitrogen and oxygen atoms in total. The number of aromatic nitrogens is 1. The van der Waals surface area contributed by atoms with Crippen LogP contribution in [0.15, 0.2) is 24.4 Å². The minimum Gasteiger partial charge on any atom is -0.353 e. The number of piperidine rings is 1. The molecule has 9 heteroatoms. The van der Waals surface area contributed by atoms with Crippen molar-refractivity contribution in [1.82, 2.24) is 19.5 Å². The molecule has 0 bridgehead atoms. The summed E-state index contributed by atoms with van der Waals surface area (Å²) in [6, 6.07) is 5.58. The monoisotopic (exact) mass is 367 g/mol. The number of carbonyl (C=O) groups excluding carboxylic acids is 1. The third-order valence-corrected chi connectivity index (χ3v) is 5.99. The van der Waals surface area contributed by atoms with Crippen molar-refractivity contribution in [2.24, 2.45) is 0 Å². The van der Waals surface area contributed by atoms with Gasteiger partial charge in [0.1, 0.15) is 5.82 Å². The molecular formula is C16H25N5O3S. The molecule has 1 unspecified atom stereocenters. The number of carbonyl (C=O) groups is 1. The Labute approximate surface area is 148 Å². The first-order valence-corrected chi connectivity index (χ1v) is 10.4. The Hall–Kier alpha value is -1.87. The highest BCUT2D eigenvalue weighted by Crippen LogP contribution is 2.15. The van der Waals surface area contributed by atoms with Gasteiger partial charge in [-0.3, -0.25) is 0 Å². The lowest BCUT2D eigenvalue weighted by atomic mass is 10.1. The molecule has 3 heterocycles. The lowest BCUT2D eigenvalue weighted by Crippen LogP contribution is -2.56. The van der Waals surface area contributed by atoms with Crippen LogP contribution < -0.4 is 10.2 Å². The van der Waals surface area contributed by atoms with Crippen LogP contribution in [-0.2, 0) is 10.0 Å². The molecule has 2 saturated heterocycles. The van der Waals surface area contributed by atoms with Gasteiger partial charge in [-0.15, -0.1) is 0 Å². The van der Waals surface area contributed by atoms with Crippen LogP contribution in [0.3, 0.4) is 0 Å². The van der Waals surface area contributed by atoms with Crippen molar-refractivity contribution in [3.63, 3.8) is 0 Å². The molecule has 2 amide bonds. The van der Waals surface area contributed by atoms with Gasteiger partial charge in [-0.1, -0.05) is 6.07 Å². The first kappa shape index (κ1) is 17.9. The molecular weight excluding hydrogens is 342 g/mol. The number of piperazine rings is 1. The quantitative estimate of drug-likeness (QED) is 0.832. The second kappa shape index (κ2) is 7.57. The molecule has 1 aromatic heterocycles. The van der Waals surface area contributed by atoms with Gasteiger partial charge in [-0.05, 0) is 25.0 Å². The molecule has 2 aliphatic heterocycles. The van der Waals surface area contributed by atoms with E-state index in [4.69, 9.17) is 0 Å². The summed E-state index contributed by atoms with van der Waals surface area (Å²) in [5, 5.41) is 2.99. The van der Waals surface area contributed by atoms with Gasteiger partial charge in [-0.25, -0.2) is 22.5 Å². The summed E-state index contributed by atoms with van der Waals surface area (Å²) in [7, 11) is -3.20. The predicted octanol–water partition coefficient (Wildman–Crippen LogP) is 0.337. The van der Waals surface area contributed by atoms with E-state index in [9.17, 15) is 13.2 Å². The van der Waals surface area contributed by atoms with E-state index in [1.165, 1.54) is 10.6 Å². The Balaban J connectivity index is 1.50. The number of nitrogens with one attached hydrogen (secondary N) is 1. The van der Waals surface area contributed by atoms with Crippen LogP contribution in [0.4, 0.5) is 10.6 Å². The molecule has 25 heavy (non-hydrogen) atoms. The number of hydrogen-bond donors (Lipinski definition) is 1. The van der Waals surface area contributed by atoms with E-state index < -0.39 is 10.0 Å². The standard InChI is InChI=1S/C16H25N5O3S/c1-25(23,24)21-8-4-5-14(13-21)18-16(22)20-11-9-19(10-12-20)15-6-2-3-7-17-15/h2-3,6-7,14H,4-5,8-13H2,1H3,(H,18,22). The van der Waals surface area contributed by atoms with Crippen LogP contribution in [0.2, 0.25) is 0 Å². The minimum absolute atomic E-state index is 0.110. The minimum atomic E-state index is -3.20. The summed E-state index contributed by atoms with van der Waals surface area (Å²) in [6.07, 6.45) is 4.57. The first-order valence-electron chi connectivity index (χ1n) is 8.60. The topological polar surface area (TPSA) is 85.8 Å². The number of amides is 2. The fraction of sp³-hybridized carbons (Fsp3) is 0.625. The number of sulfonamides is 1. The molecule has 0 aromatic carbocycles. The van der Waals surface area contributed by atoms with Crippen molar-refractivity contribution in [2.75, 3.05) is 50.4 Å². The molecule has 1 N–H and O–H groups in total. The average Bonchev–Trinajstić information content (AvgIpc) is 2.62.